The lowest BCUT2D eigenvalue weighted by Gasteiger charge is -2.07. The number of benzene rings is 1. The molecule has 1 heterocycles. The normalized spacial score (nSPS) is 10.6. The maximum atomic E-state index is 12.3. The molecule has 2 rings (SSSR count). The van der Waals surface area contributed by atoms with Gasteiger partial charge >= 0.3 is 0 Å². The monoisotopic (exact) mass is 291 g/mol. The lowest BCUT2D eigenvalue weighted by atomic mass is 10.2. The number of carbonyl (C=O) groups is 1. The summed E-state index contributed by atoms with van der Waals surface area (Å²) in [5, 5.41) is 7.26. The summed E-state index contributed by atoms with van der Waals surface area (Å²) in [7, 11) is 0. The minimum atomic E-state index is -0.147. The molecule has 20 heavy (non-hydrogen) atoms. The molecule has 0 spiro atoms. The van der Waals surface area contributed by atoms with E-state index in [2.05, 4.69) is 10.4 Å². The fourth-order valence-corrected chi connectivity index (χ4v) is 2.16. The topological polar surface area (TPSA) is 46.9 Å². The van der Waals surface area contributed by atoms with Crippen LogP contribution in [0, 0.1) is 0 Å². The van der Waals surface area contributed by atoms with Crippen molar-refractivity contribution in [3.05, 3.63) is 47.3 Å². The second kappa shape index (κ2) is 6.57. The highest BCUT2D eigenvalue weighted by Gasteiger charge is 2.14. The Labute approximate surface area is 123 Å². The Bertz CT molecular complexity index is 607. The molecule has 1 aromatic heterocycles. The third-order valence-electron chi connectivity index (χ3n) is 3.06. The minimum Gasteiger partial charge on any atom is -0.321 e. The molecule has 1 N–H and O–H groups in total. The number of amides is 1. The molecule has 0 radical (unpaired) electrons. The summed E-state index contributed by atoms with van der Waals surface area (Å²) < 4.78 is 1.72. The number of rotatable bonds is 5. The van der Waals surface area contributed by atoms with E-state index >= 15 is 0 Å². The Hall–Kier alpha value is -1.81. The van der Waals surface area contributed by atoms with Crippen LogP contribution < -0.4 is 5.32 Å². The van der Waals surface area contributed by atoms with E-state index < -0.39 is 0 Å². The maximum Gasteiger partial charge on any atom is 0.273 e. The lowest BCUT2D eigenvalue weighted by molar-refractivity contribution is 0.101. The number of anilines is 1. The van der Waals surface area contributed by atoms with E-state index in [4.69, 9.17) is 11.6 Å². The van der Waals surface area contributed by atoms with Gasteiger partial charge in [-0.2, -0.15) is 5.10 Å². The zero-order chi connectivity index (χ0) is 14.5. The van der Waals surface area contributed by atoms with Gasteiger partial charge in [-0.3, -0.25) is 9.48 Å². The van der Waals surface area contributed by atoms with Crippen LogP contribution in [0.2, 0.25) is 0 Å². The number of hydrogen-bond donors (Lipinski definition) is 1. The average molecular weight is 292 g/mol. The summed E-state index contributed by atoms with van der Waals surface area (Å²) in [5.41, 5.74) is 3.23. The van der Waals surface area contributed by atoms with Gasteiger partial charge in [0.2, 0.25) is 0 Å². The standard InChI is InChI=1S/C15H18ClN3O/c1-3-12-9-14(19(4-2)18-12)15(20)17-13-7-5-6-11(8-13)10-16/h5-9H,3-4,10H2,1-2H3,(H,17,20). The Kier molecular flexibility index (Phi) is 4.79. The van der Waals surface area contributed by atoms with E-state index in [0.29, 0.717) is 18.1 Å². The van der Waals surface area contributed by atoms with E-state index in [1.165, 1.54) is 0 Å². The van der Waals surface area contributed by atoms with Crippen molar-refractivity contribution >= 4 is 23.2 Å². The quantitative estimate of drug-likeness (QED) is 0.858. The van der Waals surface area contributed by atoms with Gasteiger partial charge in [-0.25, -0.2) is 0 Å². The minimum absolute atomic E-state index is 0.147. The maximum absolute atomic E-state index is 12.3. The van der Waals surface area contributed by atoms with Crippen molar-refractivity contribution in [1.29, 1.82) is 0 Å². The van der Waals surface area contributed by atoms with Crippen LogP contribution in [0.4, 0.5) is 5.69 Å². The molecule has 106 valence electrons. The number of alkyl halides is 1. The number of hydrogen-bond acceptors (Lipinski definition) is 2. The van der Waals surface area contributed by atoms with Crippen molar-refractivity contribution < 1.29 is 4.79 Å². The van der Waals surface area contributed by atoms with E-state index in [1.807, 2.05) is 44.2 Å². The van der Waals surface area contributed by atoms with E-state index in [9.17, 15) is 4.79 Å². The van der Waals surface area contributed by atoms with Crippen LogP contribution in [0.3, 0.4) is 0 Å². The smallest absolute Gasteiger partial charge is 0.273 e. The summed E-state index contributed by atoms with van der Waals surface area (Å²) in [5.74, 6) is 0.280. The van der Waals surface area contributed by atoms with Crippen LogP contribution in [-0.4, -0.2) is 15.7 Å². The lowest BCUT2D eigenvalue weighted by Crippen LogP contribution is -2.17. The SMILES string of the molecule is CCc1cc(C(=O)Nc2cccc(CCl)c2)n(CC)n1. The molecule has 0 aliphatic carbocycles. The molecule has 1 aromatic carbocycles. The highest BCUT2D eigenvalue weighted by Crippen LogP contribution is 2.14. The third kappa shape index (κ3) is 3.20. The highest BCUT2D eigenvalue weighted by atomic mass is 35.5. The molecule has 0 saturated carbocycles. The first-order valence-electron chi connectivity index (χ1n) is 6.70. The Morgan fingerprint density at radius 2 is 2.15 bits per heavy atom. The largest absolute Gasteiger partial charge is 0.321 e. The number of aromatic nitrogens is 2. The van der Waals surface area contributed by atoms with Crippen LogP contribution in [0.5, 0.6) is 0 Å². The van der Waals surface area contributed by atoms with Gasteiger partial charge in [-0.05, 0) is 37.1 Å². The van der Waals surface area contributed by atoms with Crippen molar-refractivity contribution in [3.8, 4) is 0 Å². The van der Waals surface area contributed by atoms with Gasteiger partial charge < -0.3 is 5.32 Å². The molecule has 5 heteroatoms. The number of halogens is 1. The number of nitrogens with one attached hydrogen (secondary N) is 1. The second-order valence-electron chi connectivity index (χ2n) is 4.48. The van der Waals surface area contributed by atoms with E-state index in [-0.39, 0.29) is 5.91 Å². The predicted molar refractivity (Wildman–Crippen MR) is 81.2 cm³/mol. The Balaban J connectivity index is 2.20. The molecule has 0 atom stereocenters. The molecule has 0 aliphatic heterocycles. The average Bonchev–Trinajstić information content (AvgIpc) is 2.91. The molecule has 0 unspecified atom stereocenters. The van der Waals surface area contributed by atoms with E-state index in [0.717, 1.165) is 23.4 Å². The number of nitrogens with zero attached hydrogens (tertiary/aromatic N) is 2. The molecule has 0 bridgehead atoms. The van der Waals surface area contributed by atoms with Crippen LogP contribution in [0.15, 0.2) is 30.3 Å². The fourth-order valence-electron chi connectivity index (χ4n) is 1.99. The van der Waals surface area contributed by atoms with Crippen LogP contribution in [-0.2, 0) is 18.8 Å². The fraction of sp³-hybridized carbons (Fsp3) is 0.333. The molecule has 0 aliphatic rings. The van der Waals surface area contributed by atoms with Gasteiger partial charge in [0.05, 0.1) is 5.69 Å². The van der Waals surface area contributed by atoms with E-state index in [1.54, 1.807) is 4.68 Å². The van der Waals surface area contributed by atoms with Gasteiger partial charge in [0.1, 0.15) is 5.69 Å². The molecular formula is C15H18ClN3O. The predicted octanol–water partition coefficient (Wildman–Crippen LogP) is 3.46. The first-order chi connectivity index (χ1) is 9.67. The molecule has 0 fully saturated rings. The third-order valence-corrected chi connectivity index (χ3v) is 3.37. The molecule has 4 nitrogen and oxygen atoms in total. The summed E-state index contributed by atoms with van der Waals surface area (Å²) in [6.07, 6.45) is 0.814. The summed E-state index contributed by atoms with van der Waals surface area (Å²) in [6, 6.07) is 9.36. The highest BCUT2D eigenvalue weighted by molar-refractivity contribution is 6.17. The Morgan fingerprint density at radius 3 is 2.80 bits per heavy atom. The van der Waals surface area contributed by atoms with Crippen molar-refractivity contribution in [2.45, 2.75) is 32.7 Å². The van der Waals surface area contributed by atoms with Gasteiger partial charge in [0, 0.05) is 18.1 Å². The number of carbonyl (C=O) groups excluding carboxylic acids is 1. The van der Waals surface area contributed by atoms with Crippen LogP contribution in [0.25, 0.3) is 0 Å². The van der Waals surface area contributed by atoms with Gasteiger partial charge in [-0.15, -0.1) is 11.6 Å². The summed E-state index contributed by atoms with van der Waals surface area (Å²) >= 11 is 5.80. The van der Waals surface area contributed by atoms with Gasteiger partial charge in [0.25, 0.3) is 5.91 Å². The molecule has 1 amide bonds. The summed E-state index contributed by atoms with van der Waals surface area (Å²) in [4.78, 5) is 12.3. The zero-order valence-corrected chi connectivity index (χ0v) is 12.4. The molecular weight excluding hydrogens is 274 g/mol. The first-order valence-corrected chi connectivity index (χ1v) is 7.24. The van der Waals surface area contributed by atoms with Crippen molar-refractivity contribution in [2.75, 3.05) is 5.32 Å². The summed E-state index contributed by atoms with van der Waals surface area (Å²) in [6.45, 7) is 4.66. The van der Waals surface area contributed by atoms with Crippen LogP contribution >= 0.6 is 11.6 Å². The van der Waals surface area contributed by atoms with Gasteiger partial charge in [-0.1, -0.05) is 19.1 Å². The van der Waals surface area contributed by atoms with Crippen molar-refractivity contribution in [2.24, 2.45) is 0 Å². The van der Waals surface area contributed by atoms with Crippen LogP contribution in [0.1, 0.15) is 35.6 Å². The first kappa shape index (κ1) is 14.6. The zero-order valence-electron chi connectivity index (χ0n) is 11.7. The number of aryl methyl sites for hydroxylation is 2. The van der Waals surface area contributed by atoms with Crippen molar-refractivity contribution in [3.63, 3.8) is 0 Å². The molecule has 0 saturated heterocycles. The van der Waals surface area contributed by atoms with Crippen molar-refractivity contribution in [1.82, 2.24) is 9.78 Å². The second-order valence-corrected chi connectivity index (χ2v) is 4.75. The molecule has 2 aromatic rings. The Morgan fingerprint density at radius 1 is 1.35 bits per heavy atom. The van der Waals surface area contributed by atoms with Gasteiger partial charge in [0.15, 0.2) is 0 Å².